The molecule has 1 saturated heterocycles. The number of aromatic nitrogens is 3. The summed E-state index contributed by atoms with van der Waals surface area (Å²) in [6, 6.07) is 7.71. The summed E-state index contributed by atoms with van der Waals surface area (Å²) in [7, 11) is 0. The Bertz CT molecular complexity index is 1080. The van der Waals surface area contributed by atoms with E-state index in [1.165, 1.54) is 0 Å². The molecule has 0 N–H and O–H groups in total. The van der Waals surface area contributed by atoms with Crippen LogP contribution < -0.4 is 4.90 Å². The van der Waals surface area contributed by atoms with E-state index in [0.29, 0.717) is 31.9 Å². The molecule has 2 aliphatic rings. The molecule has 1 amide bonds. The number of fused-ring (bicyclic) bond motifs is 2. The Morgan fingerprint density at radius 2 is 1.97 bits per heavy atom. The first-order valence-electron chi connectivity index (χ1n) is 10.0. The molecule has 1 aromatic carbocycles. The minimum absolute atomic E-state index is 0.0346. The second-order valence-corrected chi connectivity index (χ2v) is 7.58. The maximum atomic E-state index is 13.2. The summed E-state index contributed by atoms with van der Waals surface area (Å²) in [5.41, 5.74) is 4.80. The van der Waals surface area contributed by atoms with Gasteiger partial charge in [0.1, 0.15) is 0 Å². The fraction of sp³-hybridized carbons (Fsp3) is 0.364. The lowest BCUT2D eigenvalue weighted by Crippen LogP contribution is -2.39. The Labute approximate surface area is 169 Å². The summed E-state index contributed by atoms with van der Waals surface area (Å²) >= 11 is 0. The number of ether oxygens (including phenoxy) is 1. The molecular weight excluding hydrogens is 366 g/mol. The molecule has 0 saturated carbocycles. The van der Waals surface area contributed by atoms with Crippen LogP contribution in [0.25, 0.3) is 10.9 Å². The van der Waals surface area contributed by atoms with E-state index in [0.717, 1.165) is 53.2 Å². The average molecular weight is 389 g/mol. The van der Waals surface area contributed by atoms with Crippen molar-refractivity contribution in [3.8, 4) is 0 Å². The fourth-order valence-electron chi connectivity index (χ4n) is 3.98. The number of rotatable bonds is 2. The van der Waals surface area contributed by atoms with Crippen LogP contribution in [0.4, 0.5) is 5.95 Å². The van der Waals surface area contributed by atoms with E-state index in [9.17, 15) is 4.79 Å². The van der Waals surface area contributed by atoms with Crippen molar-refractivity contribution in [1.82, 2.24) is 19.9 Å². The zero-order chi connectivity index (χ0) is 19.8. The highest BCUT2D eigenvalue weighted by Crippen LogP contribution is 2.23. The summed E-state index contributed by atoms with van der Waals surface area (Å²) in [5.74, 6) is 0.765. The maximum Gasteiger partial charge on any atom is 0.254 e. The van der Waals surface area contributed by atoms with Gasteiger partial charge in [0.25, 0.3) is 5.91 Å². The zero-order valence-electron chi connectivity index (χ0n) is 16.5. The first kappa shape index (κ1) is 18.0. The second kappa shape index (κ2) is 7.40. The summed E-state index contributed by atoms with van der Waals surface area (Å²) in [4.78, 5) is 30.9. The van der Waals surface area contributed by atoms with Gasteiger partial charge in [-0.2, -0.15) is 0 Å². The highest BCUT2D eigenvalue weighted by atomic mass is 16.5. The number of hydrogen-bond donors (Lipinski definition) is 0. The van der Waals surface area contributed by atoms with Crippen LogP contribution in [0.3, 0.4) is 0 Å². The molecule has 2 aromatic heterocycles. The van der Waals surface area contributed by atoms with Gasteiger partial charge in [0.05, 0.1) is 31.0 Å². The van der Waals surface area contributed by atoms with Gasteiger partial charge in [-0.25, -0.2) is 9.97 Å². The average Bonchev–Trinajstić information content (AvgIpc) is 2.78. The largest absolute Gasteiger partial charge is 0.378 e. The van der Waals surface area contributed by atoms with E-state index in [4.69, 9.17) is 9.72 Å². The SMILES string of the molecule is Cc1ccnc2ccc(C(=O)N3CCc4cnc(N5CCOCC5)nc4C3)cc12. The lowest BCUT2D eigenvalue weighted by atomic mass is 10.0. The van der Waals surface area contributed by atoms with Crippen molar-refractivity contribution >= 4 is 22.8 Å². The van der Waals surface area contributed by atoms with Crippen molar-refractivity contribution in [3.63, 3.8) is 0 Å². The molecule has 7 nitrogen and oxygen atoms in total. The van der Waals surface area contributed by atoms with Gasteiger partial charge in [-0.15, -0.1) is 0 Å². The minimum atomic E-state index is 0.0346. The van der Waals surface area contributed by atoms with E-state index in [2.05, 4.69) is 14.9 Å². The van der Waals surface area contributed by atoms with Gasteiger partial charge in [-0.05, 0) is 48.7 Å². The van der Waals surface area contributed by atoms with Crippen molar-refractivity contribution in [2.24, 2.45) is 0 Å². The van der Waals surface area contributed by atoms with Gasteiger partial charge in [0.2, 0.25) is 5.95 Å². The molecule has 7 heteroatoms. The predicted molar refractivity (Wildman–Crippen MR) is 110 cm³/mol. The highest BCUT2D eigenvalue weighted by molar-refractivity contribution is 5.98. The predicted octanol–water partition coefficient (Wildman–Crippen LogP) is 2.37. The van der Waals surface area contributed by atoms with Crippen molar-refractivity contribution in [1.29, 1.82) is 0 Å². The zero-order valence-corrected chi connectivity index (χ0v) is 16.5. The Balaban J connectivity index is 1.39. The second-order valence-electron chi connectivity index (χ2n) is 7.58. The van der Waals surface area contributed by atoms with Crippen LogP contribution in [0.1, 0.15) is 27.2 Å². The first-order valence-corrected chi connectivity index (χ1v) is 10.0. The molecule has 148 valence electrons. The number of morpholine rings is 1. The number of hydrogen-bond acceptors (Lipinski definition) is 6. The lowest BCUT2D eigenvalue weighted by Gasteiger charge is -2.31. The van der Waals surface area contributed by atoms with Gasteiger partial charge in [-0.1, -0.05) is 0 Å². The number of carbonyl (C=O) groups excluding carboxylic acids is 1. The number of anilines is 1. The van der Waals surface area contributed by atoms with Crippen molar-refractivity contribution in [2.75, 3.05) is 37.7 Å². The summed E-state index contributed by atoms with van der Waals surface area (Å²) < 4.78 is 5.42. The Kier molecular flexibility index (Phi) is 4.60. The normalized spacial score (nSPS) is 16.7. The van der Waals surface area contributed by atoms with Crippen LogP contribution in [-0.4, -0.2) is 58.6 Å². The van der Waals surface area contributed by atoms with Gasteiger partial charge in [0.15, 0.2) is 0 Å². The molecule has 0 spiro atoms. The number of nitrogens with zero attached hydrogens (tertiary/aromatic N) is 5. The summed E-state index contributed by atoms with van der Waals surface area (Å²) in [5, 5.41) is 1.02. The Hall–Kier alpha value is -3.06. The number of amides is 1. The molecule has 0 unspecified atom stereocenters. The van der Waals surface area contributed by atoms with Gasteiger partial charge in [0, 0.05) is 43.0 Å². The standard InChI is InChI=1S/C22H23N5O2/c1-15-4-6-23-19-3-2-16(12-18(15)19)21(28)27-7-5-17-13-24-22(25-20(17)14-27)26-8-10-29-11-9-26/h2-4,6,12-13H,5,7-11,14H2,1H3. The van der Waals surface area contributed by atoms with Crippen LogP contribution in [0.2, 0.25) is 0 Å². The Morgan fingerprint density at radius 1 is 1.10 bits per heavy atom. The quantitative estimate of drug-likeness (QED) is 0.670. The minimum Gasteiger partial charge on any atom is -0.378 e. The molecule has 2 aliphatic heterocycles. The van der Waals surface area contributed by atoms with Crippen LogP contribution in [0.15, 0.2) is 36.7 Å². The van der Waals surface area contributed by atoms with E-state index in [1.54, 1.807) is 6.20 Å². The van der Waals surface area contributed by atoms with Crippen LogP contribution in [-0.2, 0) is 17.7 Å². The third-order valence-corrected chi connectivity index (χ3v) is 5.72. The topological polar surface area (TPSA) is 71.5 Å². The smallest absolute Gasteiger partial charge is 0.254 e. The van der Waals surface area contributed by atoms with E-state index < -0.39 is 0 Å². The van der Waals surface area contributed by atoms with Crippen molar-refractivity contribution in [2.45, 2.75) is 19.9 Å². The third kappa shape index (κ3) is 3.42. The maximum absolute atomic E-state index is 13.2. The number of pyridine rings is 1. The van der Waals surface area contributed by atoms with Gasteiger partial charge in [-0.3, -0.25) is 9.78 Å². The van der Waals surface area contributed by atoms with Gasteiger partial charge >= 0.3 is 0 Å². The molecule has 29 heavy (non-hydrogen) atoms. The number of carbonyl (C=O) groups is 1. The van der Waals surface area contributed by atoms with Gasteiger partial charge < -0.3 is 14.5 Å². The van der Waals surface area contributed by atoms with Crippen molar-refractivity contribution < 1.29 is 9.53 Å². The van der Waals surface area contributed by atoms with Crippen LogP contribution in [0, 0.1) is 6.92 Å². The molecule has 5 rings (SSSR count). The molecule has 1 fully saturated rings. The number of benzene rings is 1. The van der Waals surface area contributed by atoms with Crippen LogP contribution >= 0.6 is 0 Å². The summed E-state index contributed by atoms with van der Waals surface area (Å²) in [6.07, 6.45) is 4.49. The Morgan fingerprint density at radius 3 is 2.83 bits per heavy atom. The lowest BCUT2D eigenvalue weighted by molar-refractivity contribution is 0.0732. The van der Waals surface area contributed by atoms with E-state index in [1.807, 2.05) is 42.3 Å². The first-order chi connectivity index (χ1) is 14.2. The van der Waals surface area contributed by atoms with E-state index >= 15 is 0 Å². The molecule has 4 heterocycles. The number of aryl methyl sites for hydroxylation is 1. The molecule has 0 atom stereocenters. The fourth-order valence-corrected chi connectivity index (χ4v) is 3.98. The molecule has 0 radical (unpaired) electrons. The molecule has 3 aromatic rings. The highest BCUT2D eigenvalue weighted by Gasteiger charge is 2.25. The summed E-state index contributed by atoms with van der Waals surface area (Å²) in [6.45, 7) is 6.22. The van der Waals surface area contributed by atoms with E-state index in [-0.39, 0.29) is 5.91 Å². The monoisotopic (exact) mass is 389 g/mol. The van der Waals surface area contributed by atoms with Crippen molar-refractivity contribution in [3.05, 3.63) is 59.0 Å². The third-order valence-electron chi connectivity index (χ3n) is 5.72. The molecule has 0 aliphatic carbocycles. The van der Waals surface area contributed by atoms with Crippen LogP contribution in [0.5, 0.6) is 0 Å². The molecular formula is C22H23N5O2. The molecule has 0 bridgehead atoms.